The second kappa shape index (κ2) is 5.71. The third kappa shape index (κ3) is 2.87. The van der Waals surface area contributed by atoms with Gasteiger partial charge in [0.15, 0.2) is 0 Å². The number of para-hydroxylation sites is 2. The first-order valence-electron chi connectivity index (χ1n) is 6.44. The summed E-state index contributed by atoms with van der Waals surface area (Å²) in [5, 5.41) is 9.52. The summed E-state index contributed by atoms with van der Waals surface area (Å²) in [4.78, 5) is 15.3. The molecule has 0 bridgehead atoms. The number of hydrogen-bond acceptors (Lipinski definition) is 5. The van der Waals surface area contributed by atoms with Gasteiger partial charge in [0.05, 0.1) is 15.9 Å². The molecule has 0 spiro atoms. The number of aromatic nitrogens is 2. The SMILES string of the molecule is O=C(O)N(OS(=O)(=O)c1ccccc1)n1cnc2ccccc21. The number of imidazole rings is 1. The van der Waals surface area contributed by atoms with Gasteiger partial charge in [0.2, 0.25) is 0 Å². The molecule has 9 heteroatoms. The van der Waals surface area contributed by atoms with Crippen LogP contribution in [0.1, 0.15) is 0 Å². The summed E-state index contributed by atoms with van der Waals surface area (Å²) in [5.74, 6) is 0. The maximum absolute atomic E-state index is 12.2. The zero-order chi connectivity index (χ0) is 16.4. The van der Waals surface area contributed by atoms with Crippen molar-refractivity contribution in [3.63, 3.8) is 0 Å². The first kappa shape index (κ1) is 15.0. The van der Waals surface area contributed by atoms with Gasteiger partial charge in [-0.3, -0.25) is 0 Å². The van der Waals surface area contributed by atoms with Crippen LogP contribution in [0.25, 0.3) is 11.0 Å². The monoisotopic (exact) mass is 333 g/mol. The Balaban J connectivity index is 2.02. The molecule has 0 aliphatic rings. The second-order valence-corrected chi connectivity index (χ2v) is 6.00. The lowest BCUT2D eigenvalue weighted by Crippen LogP contribution is -2.40. The number of rotatable bonds is 4. The first-order valence-corrected chi connectivity index (χ1v) is 7.85. The molecule has 2 aromatic carbocycles. The minimum absolute atomic E-state index is 0.157. The number of carboxylic acid groups (broad SMARTS) is 1. The van der Waals surface area contributed by atoms with Crippen molar-refractivity contribution in [1.82, 2.24) is 9.66 Å². The molecule has 0 aliphatic carbocycles. The summed E-state index contributed by atoms with van der Waals surface area (Å²) >= 11 is 0. The molecule has 3 rings (SSSR count). The van der Waals surface area contributed by atoms with E-state index < -0.39 is 16.2 Å². The van der Waals surface area contributed by atoms with E-state index >= 15 is 0 Å². The lowest BCUT2D eigenvalue weighted by molar-refractivity contribution is 0.144. The van der Waals surface area contributed by atoms with Gasteiger partial charge in [0.25, 0.3) is 0 Å². The Morgan fingerprint density at radius 3 is 2.43 bits per heavy atom. The molecular formula is C14H11N3O5S. The molecule has 0 saturated carbocycles. The topological polar surface area (TPSA) is 102 Å². The number of amides is 1. The summed E-state index contributed by atoms with van der Waals surface area (Å²) in [5.41, 5.74) is 0.887. The predicted octanol–water partition coefficient (Wildman–Crippen LogP) is 1.97. The summed E-state index contributed by atoms with van der Waals surface area (Å²) in [6.07, 6.45) is -0.438. The number of carbonyl (C=O) groups is 1. The Labute approximate surface area is 131 Å². The number of fused-ring (bicyclic) bond motifs is 1. The van der Waals surface area contributed by atoms with Crippen LogP contribution >= 0.6 is 0 Å². The van der Waals surface area contributed by atoms with E-state index in [1.807, 2.05) is 0 Å². The Hall–Kier alpha value is -2.91. The van der Waals surface area contributed by atoms with Crippen LogP contribution in [-0.2, 0) is 14.4 Å². The summed E-state index contributed by atoms with van der Waals surface area (Å²) < 4.78 is 30.2. The molecule has 0 saturated heterocycles. The Morgan fingerprint density at radius 2 is 1.74 bits per heavy atom. The molecule has 0 atom stereocenters. The van der Waals surface area contributed by atoms with Crippen molar-refractivity contribution in [3.05, 3.63) is 60.9 Å². The van der Waals surface area contributed by atoms with Gasteiger partial charge in [-0.05, 0) is 24.3 Å². The van der Waals surface area contributed by atoms with Crippen LogP contribution in [0.2, 0.25) is 0 Å². The highest BCUT2D eigenvalue weighted by Gasteiger charge is 2.26. The van der Waals surface area contributed by atoms with Gasteiger partial charge in [-0.2, -0.15) is 8.42 Å². The van der Waals surface area contributed by atoms with Crippen molar-refractivity contribution < 1.29 is 22.6 Å². The van der Waals surface area contributed by atoms with Crippen LogP contribution in [0, 0.1) is 0 Å². The third-order valence-corrected chi connectivity index (χ3v) is 4.18. The Bertz CT molecular complexity index is 953. The van der Waals surface area contributed by atoms with E-state index in [9.17, 15) is 18.3 Å². The molecule has 8 nitrogen and oxygen atoms in total. The molecular weight excluding hydrogens is 322 g/mol. The molecule has 118 valence electrons. The summed E-state index contributed by atoms with van der Waals surface area (Å²) in [6.45, 7) is 0. The third-order valence-electron chi connectivity index (χ3n) is 2.99. The second-order valence-electron chi connectivity index (χ2n) is 4.48. The van der Waals surface area contributed by atoms with Crippen molar-refractivity contribution in [2.24, 2.45) is 0 Å². The van der Waals surface area contributed by atoms with Crippen LogP contribution < -0.4 is 5.17 Å². The van der Waals surface area contributed by atoms with E-state index in [0.717, 1.165) is 4.68 Å². The lowest BCUT2D eigenvalue weighted by atomic mass is 10.3. The maximum atomic E-state index is 12.2. The average molecular weight is 333 g/mol. The van der Waals surface area contributed by atoms with Gasteiger partial charge in [-0.15, -0.1) is 4.28 Å². The molecule has 23 heavy (non-hydrogen) atoms. The molecule has 0 aliphatic heterocycles. The maximum Gasteiger partial charge on any atom is 0.453 e. The molecule has 0 fully saturated rings. The Morgan fingerprint density at radius 1 is 1.09 bits per heavy atom. The Kier molecular flexibility index (Phi) is 3.72. The molecule has 0 radical (unpaired) electrons. The zero-order valence-corrected chi connectivity index (χ0v) is 12.4. The van der Waals surface area contributed by atoms with E-state index in [4.69, 9.17) is 4.28 Å². The minimum atomic E-state index is -4.30. The molecule has 1 amide bonds. The largest absolute Gasteiger partial charge is 0.462 e. The normalized spacial score (nSPS) is 11.5. The van der Waals surface area contributed by atoms with E-state index in [0.29, 0.717) is 11.0 Å². The molecule has 1 aromatic heterocycles. The number of hydrogen-bond donors (Lipinski definition) is 1. The summed E-state index contributed by atoms with van der Waals surface area (Å²) in [6, 6.07) is 13.9. The van der Waals surface area contributed by atoms with Gasteiger partial charge < -0.3 is 5.11 Å². The van der Waals surface area contributed by atoms with Crippen LogP contribution in [0.15, 0.2) is 65.8 Å². The summed E-state index contributed by atoms with van der Waals surface area (Å²) in [7, 11) is -4.30. The molecule has 0 unspecified atom stereocenters. The van der Waals surface area contributed by atoms with Crippen molar-refractivity contribution >= 4 is 27.2 Å². The van der Waals surface area contributed by atoms with Crippen molar-refractivity contribution in [2.45, 2.75) is 4.90 Å². The highest BCUT2D eigenvalue weighted by molar-refractivity contribution is 7.86. The van der Waals surface area contributed by atoms with Gasteiger partial charge >= 0.3 is 16.2 Å². The zero-order valence-electron chi connectivity index (χ0n) is 11.6. The molecule has 1 N–H and O–H groups in total. The van der Waals surface area contributed by atoms with E-state index in [-0.39, 0.29) is 10.1 Å². The molecule has 3 aromatic rings. The highest BCUT2D eigenvalue weighted by Crippen LogP contribution is 2.17. The molecule has 1 heterocycles. The first-order chi connectivity index (χ1) is 11.0. The van der Waals surface area contributed by atoms with Crippen molar-refractivity contribution in [1.29, 1.82) is 0 Å². The number of benzene rings is 2. The number of hydroxylamine groups is 1. The van der Waals surface area contributed by atoms with Gasteiger partial charge in [-0.1, -0.05) is 35.5 Å². The standard InChI is InChI=1S/C14H11N3O5S/c18-14(19)17(16-10-15-12-8-4-5-9-13(12)16)22-23(20,21)11-6-2-1-3-7-11/h1-10H,(H,18,19). The van der Waals surface area contributed by atoms with Crippen molar-refractivity contribution in [2.75, 3.05) is 5.17 Å². The van der Waals surface area contributed by atoms with Crippen LogP contribution in [0.5, 0.6) is 0 Å². The van der Waals surface area contributed by atoms with Gasteiger partial charge in [0.1, 0.15) is 6.33 Å². The van der Waals surface area contributed by atoms with E-state index in [2.05, 4.69) is 4.98 Å². The fourth-order valence-corrected chi connectivity index (χ4v) is 2.87. The number of nitrogens with zero attached hydrogens (tertiary/aromatic N) is 3. The lowest BCUT2D eigenvalue weighted by Gasteiger charge is -2.18. The quantitative estimate of drug-likeness (QED) is 0.733. The minimum Gasteiger partial charge on any atom is -0.462 e. The van der Waals surface area contributed by atoms with Crippen LogP contribution in [0.3, 0.4) is 0 Å². The van der Waals surface area contributed by atoms with Crippen LogP contribution in [0.4, 0.5) is 4.79 Å². The fraction of sp³-hybridized carbons (Fsp3) is 0. The predicted molar refractivity (Wildman–Crippen MR) is 80.7 cm³/mol. The van der Waals surface area contributed by atoms with Crippen LogP contribution in [-0.4, -0.2) is 29.3 Å². The van der Waals surface area contributed by atoms with Gasteiger partial charge in [0, 0.05) is 0 Å². The highest BCUT2D eigenvalue weighted by atomic mass is 32.2. The van der Waals surface area contributed by atoms with E-state index in [1.54, 1.807) is 30.3 Å². The average Bonchev–Trinajstić information content (AvgIpc) is 2.97. The van der Waals surface area contributed by atoms with E-state index in [1.165, 1.54) is 30.6 Å². The van der Waals surface area contributed by atoms with Crippen molar-refractivity contribution in [3.8, 4) is 0 Å². The van der Waals surface area contributed by atoms with Gasteiger partial charge in [-0.25, -0.2) is 14.5 Å². The fourth-order valence-electron chi connectivity index (χ4n) is 1.97. The smallest absolute Gasteiger partial charge is 0.453 e.